The van der Waals surface area contributed by atoms with Crippen molar-refractivity contribution in [1.29, 1.82) is 0 Å². The molecule has 0 bridgehead atoms. The molecule has 16 heavy (non-hydrogen) atoms. The Labute approximate surface area is 94.1 Å². The molecule has 1 aromatic heterocycles. The van der Waals surface area contributed by atoms with Crippen molar-refractivity contribution in [3.8, 4) is 0 Å². The number of carbonyl (C=O) groups is 1. The first-order chi connectivity index (χ1) is 7.61. The molecular weight excluding hydrogens is 234 g/mol. The third kappa shape index (κ3) is 1.71. The van der Waals surface area contributed by atoms with Gasteiger partial charge in [-0.05, 0) is 18.6 Å². The monoisotopic (exact) mass is 240 g/mol. The molecule has 0 saturated carbocycles. The summed E-state index contributed by atoms with van der Waals surface area (Å²) in [6, 6.07) is 2.34. The maximum Gasteiger partial charge on any atom is 0.220 e. The van der Waals surface area contributed by atoms with E-state index in [0.29, 0.717) is 0 Å². The van der Waals surface area contributed by atoms with Crippen LogP contribution in [0.25, 0.3) is 0 Å². The SMILES string of the molecule is Cc1ccc(F)c(C(=O)c2cnsn2)c1F. The van der Waals surface area contributed by atoms with Gasteiger partial charge in [0.05, 0.1) is 23.5 Å². The molecule has 0 aliphatic heterocycles. The lowest BCUT2D eigenvalue weighted by Gasteiger charge is -2.04. The fourth-order valence-electron chi connectivity index (χ4n) is 1.26. The Kier molecular flexibility index (Phi) is 2.74. The highest BCUT2D eigenvalue weighted by molar-refractivity contribution is 6.99. The van der Waals surface area contributed by atoms with E-state index in [9.17, 15) is 13.6 Å². The lowest BCUT2D eigenvalue weighted by Crippen LogP contribution is -2.09. The lowest BCUT2D eigenvalue weighted by atomic mass is 10.0. The summed E-state index contributed by atoms with van der Waals surface area (Å²) in [5.74, 6) is -2.52. The molecule has 0 amide bonds. The van der Waals surface area contributed by atoms with Crippen molar-refractivity contribution in [3.63, 3.8) is 0 Å². The zero-order chi connectivity index (χ0) is 11.7. The zero-order valence-electron chi connectivity index (χ0n) is 8.20. The molecule has 2 aromatic rings. The van der Waals surface area contributed by atoms with Gasteiger partial charge in [-0.3, -0.25) is 4.79 Å². The lowest BCUT2D eigenvalue weighted by molar-refractivity contribution is 0.102. The molecule has 82 valence electrons. The summed E-state index contributed by atoms with van der Waals surface area (Å²) in [7, 11) is 0. The van der Waals surface area contributed by atoms with Gasteiger partial charge >= 0.3 is 0 Å². The van der Waals surface area contributed by atoms with Gasteiger partial charge in [0.15, 0.2) is 0 Å². The molecule has 1 aromatic carbocycles. The minimum Gasteiger partial charge on any atom is -0.287 e. The van der Waals surface area contributed by atoms with Crippen LogP contribution in [0.3, 0.4) is 0 Å². The summed E-state index contributed by atoms with van der Waals surface area (Å²) in [6.07, 6.45) is 1.19. The van der Waals surface area contributed by atoms with Crippen molar-refractivity contribution >= 4 is 17.5 Å². The second-order valence-corrected chi connectivity index (χ2v) is 3.73. The molecule has 1 heterocycles. The largest absolute Gasteiger partial charge is 0.287 e. The van der Waals surface area contributed by atoms with Gasteiger partial charge in [0, 0.05) is 0 Å². The highest BCUT2D eigenvalue weighted by Gasteiger charge is 2.22. The van der Waals surface area contributed by atoms with Crippen LogP contribution in [0, 0.1) is 18.6 Å². The highest BCUT2D eigenvalue weighted by atomic mass is 32.1. The van der Waals surface area contributed by atoms with E-state index < -0.39 is 23.0 Å². The summed E-state index contributed by atoms with van der Waals surface area (Å²) in [4.78, 5) is 11.7. The fraction of sp³-hybridized carbons (Fsp3) is 0.100. The molecule has 0 spiro atoms. The zero-order valence-corrected chi connectivity index (χ0v) is 9.02. The second kappa shape index (κ2) is 4.05. The standard InChI is InChI=1S/C10H6F2N2OS/c1-5-2-3-6(11)8(9(5)12)10(15)7-4-13-16-14-7/h2-4H,1H3. The van der Waals surface area contributed by atoms with Gasteiger partial charge in [-0.15, -0.1) is 0 Å². The van der Waals surface area contributed by atoms with Crippen molar-refractivity contribution in [3.05, 3.63) is 46.8 Å². The molecule has 0 aliphatic carbocycles. The molecule has 0 fully saturated rings. The summed E-state index contributed by atoms with van der Waals surface area (Å²) < 4.78 is 34.2. The number of benzene rings is 1. The summed E-state index contributed by atoms with van der Waals surface area (Å²) in [5, 5.41) is 0. The summed E-state index contributed by atoms with van der Waals surface area (Å²) in [5.41, 5.74) is -0.408. The summed E-state index contributed by atoms with van der Waals surface area (Å²) >= 11 is 0.813. The number of hydrogen-bond donors (Lipinski definition) is 0. The smallest absolute Gasteiger partial charge is 0.220 e. The average molecular weight is 240 g/mol. The minimum atomic E-state index is -0.888. The quantitative estimate of drug-likeness (QED) is 0.757. The van der Waals surface area contributed by atoms with Crippen molar-refractivity contribution < 1.29 is 13.6 Å². The van der Waals surface area contributed by atoms with Gasteiger partial charge in [0.25, 0.3) is 0 Å². The normalized spacial score (nSPS) is 10.4. The molecule has 0 unspecified atom stereocenters. The first kappa shape index (κ1) is 10.8. The van der Waals surface area contributed by atoms with Gasteiger partial charge in [-0.2, -0.15) is 8.75 Å². The summed E-state index contributed by atoms with van der Waals surface area (Å²) in [6.45, 7) is 1.46. The number of rotatable bonds is 2. The number of ketones is 1. The van der Waals surface area contributed by atoms with Crippen LogP contribution in [0.5, 0.6) is 0 Å². The van der Waals surface area contributed by atoms with Crippen LogP contribution >= 0.6 is 11.7 Å². The van der Waals surface area contributed by atoms with Crippen molar-refractivity contribution in [2.45, 2.75) is 6.92 Å². The third-order valence-corrected chi connectivity index (χ3v) is 2.58. The Balaban J connectivity index is 2.56. The van der Waals surface area contributed by atoms with Gasteiger partial charge in [-0.25, -0.2) is 8.78 Å². The topological polar surface area (TPSA) is 42.9 Å². The van der Waals surface area contributed by atoms with E-state index in [1.165, 1.54) is 19.2 Å². The molecular formula is C10H6F2N2OS. The van der Waals surface area contributed by atoms with E-state index >= 15 is 0 Å². The highest BCUT2D eigenvalue weighted by Crippen LogP contribution is 2.19. The van der Waals surface area contributed by atoms with E-state index in [-0.39, 0.29) is 11.3 Å². The first-order valence-electron chi connectivity index (χ1n) is 4.38. The molecule has 0 radical (unpaired) electrons. The Hall–Kier alpha value is -1.69. The van der Waals surface area contributed by atoms with Crippen LogP contribution in [0.2, 0.25) is 0 Å². The molecule has 3 nitrogen and oxygen atoms in total. The van der Waals surface area contributed by atoms with E-state index in [0.717, 1.165) is 17.8 Å². The van der Waals surface area contributed by atoms with Crippen molar-refractivity contribution in [2.24, 2.45) is 0 Å². The maximum atomic E-state index is 13.6. The third-order valence-electron chi connectivity index (χ3n) is 2.11. The number of carbonyl (C=O) groups excluding carboxylic acids is 1. The van der Waals surface area contributed by atoms with E-state index in [4.69, 9.17) is 0 Å². The molecule has 6 heteroatoms. The fourth-order valence-corrected chi connectivity index (χ4v) is 1.67. The Morgan fingerprint density at radius 2 is 2.12 bits per heavy atom. The predicted octanol–water partition coefficient (Wildman–Crippen LogP) is 2.36. The van der Waals surface area contributed by atoms with Crippen LogP contribution in [-0.2, 0) is 0 Å². The average Bonchev–Trinajstić information content (AvgIpc) is 2.77. The van der Waals surface area contributed by atoms with E-state index in [1.54, 1.807) is 0 Å². The van der Waals surface area contributed by atoms with Crippen molar-refractivity contribution in [1.82, 2.24) is 8.75 Å². The number of hydrogen-bond acceptors (Lipinski definition) is 4. The van der Waals surface area contributed by atoms with Gasteiger partial charge in [0.2, 0.25) is 5.78 Å². The number of nitrogens with zero attached hydrogens (tertiary/aromatic N) is 2. The number of aryl methyl sites for hydroxylation is 1. The predicted molar refractivity (Wildman–Crippen MR) is 54.4 cm³/mol. The molecule has 0 saturated heterocycles. The van der Waals surface area contributed by atoms with E-state index in [1.807, 2.05) is 0 Å². The molecule has 0 atom stereocenters. The minimum absolute atomic E-state index is 0.0478. The number of halogens is 2. The Morgan fingerprint density at radius 3 is 2.75 bits per heavy atom. The Morgan fingerprint density at radius 1 is 1.38 bits per heavy atom. The van der Waals surface area contributed by atoms with Crippen LogP contribution in [0.1, 0.15) is 21.6 Å². The maximum absolute atomic E-state index is 13.6. The molecule has 2 rings (SSSR count). The van der Waals surface area contributed by atoms with Crippen LogP contribution in [0.4, 0.5) is 8.78 Å². The second-order valence-electron chi connectivity index (χ2n) is 3.18. The number of aromatic nitrogens is 2. The van der Waals surface area contributed by atoms with E-state index in [2.05, 4.69) is 8.75 Å². The van der Waals surface area contributed by atoms with Crippen LogP contribution in [0.15, 0.2) is 18.3 Å². The first-order valence-corrected chi connectivity index (χ1v) is 5.11. The molecule has 0 N–H and O–H groups in total. The van der Waals surface area contributed by atoms with Crippen LogP contribution < -0.4 is 0 Å². The Bertz CT molecular complexity index is 540. The van der Waals surface area contributed by atoms with Gasteiger partial charge in [-0.1, -0.05) is 6.07 Å². The molecule has 0 aliphatic rings. The van der Waals surface area contributed by atoms with Crippen LogP contribution in [-0.4, -0.2) is 14.5 Å². The van der Waals surface area contributed by atoms with Crippen molar-refractivity contribution in [2.75, 3.05) is 0 Å². The van der Waals surface area contributed by atoms with Gasteiger partial charge < -0.3 is 0 Å². The van der Waals surface area contributed by atoms with Gasteiger partial charge in [0.1, 0.15) is 17.3 Å².